The molecule has 0 spiro atoms. The Hall–Kier alpha value is -4.61. The highest BCUT2D eigenvalue weighted by atomic mass is 16.6. The van der Waals surface area contributed by atoms with Crippen molar-refractivity contribution in [1.29, 1.82) is 0 Å². The Morgan fingerprint density at radius 1 is 1.06 bits per heavy atom. The second-order valence-electron chi connectivity index (χ2n) is 9.35. The first-order valence-corrected chi connectivity index (χ1v) is 11.1. The van der Waals surface area contributed by atoms with Gasteiger partial charge in [0.1, 0.15) is 5.60 Å². The third-order valence-corrected chi connectivity index (χ3v) is 5.40. The average molecular weight is 494 g/mol. The monoisotopic (exact) mass is 493 g/mol. The molecule has 0 fully saturated rings. The first-order chi connectivity index (χ1) is 17.0. The van der Waals surface area contributed by atoms with Crippen LogP contribution in [0.15, 0.2) is 53.2 Å². The van der Waals surface area contributed by atoms with Crippen LogP contribution in [0.3, 0.4) is 0 Å². The van der Waals surface area contributed by atoms with E-state index < -0.39 is 23.4 Å². The van der Waals surface area contributed by atoms with E-state index in [-0.39, 0.29) is 23.7 Å². The smallest absolute Gasteiger partial charge is 0.418 e. The zero-order chi connectivity index (χ0) is 26.1. The number of imide groups is 1. The summed E-state index contributed by atoms with van der Waals surface area (Å²) < 4.78 is 9.98. The van der Waals surface area contributed by atoms with Crippen LogP contribution >= 0.6 is 0 Å². The molecule has 0 atom stereocenters. The molecule has 3 aromatic rings. The summed E-state index contributed by atoms with van der Waals surface area (Å²) in [6, 6.07) is 13.1. The maximum atomic E-state index is 13.3. The van der Waals surface area contributed by atoms with Crippen LogP contribution in [0.5, 0.6) is 0 Å². The zero-order valence-corrected chi connectivity index (χ0v) is 20.3. The highest BCUT2D eigenvalue weighted by Crippen LogP contribution is 2.42. The van der Waals surface area contributed by atoms with Crippen molar-refractivity contribution < 1.29 is 23.7 Å². The number of amides is 3. The first kappa shape index (κ1) is 24.5. The predicted molar refractivity (Wildman–Crippen MR) is 132 cm³/mol. The number of nitrogens with one attached hydrogen (secondary N) is 3. The lowest BCUT2D eigenvalue weighted by Crippen LogP contribution is -2.42. The van der Waals surface area contributed by atoms with Crippen molar-refractivity contribution >= 4 is 40.8 Å². The van der Waals surface area contributed by atoms with Crippen molar-refractivity contribution in [2.24, 2.45) is 0 Å². The number of nitrogen functional groups attached to an aromatic ring is 1. The predicted octanol–water partition coefficient (Wildman–Crippen LogP) is 4.01. The van der Waals surface area contributed by atoms with Crippen molar-refractivity contribution in [2.75, 3.05) is 28.7 Å². The van der Waals surface area contributed by atoms with Gasteiger partial charge in [0.05, 0.1) is 17.8 Å². The summed E-state index contributed by atoms with van der Waals surface area (Å²) in [4.78, 5) is 38.6. The van der Waals surface area contributed by atoms with Gasteiger partial charge in [-0.3, -0.25) is 4.79 Å². The molecule has 4 rings (SSSR count). The van der Waals surface area contributed by atoms with Crippen LogP contribution in [0.1, 0.15) is 43.2 Å². The molecule has 0 bridgehead atoms. The minimum Gasteiger partial charge on any atom is -0.443 e. The summed E-state index contributed by atoms with van der Waals surface area (Å²) in [5, 5.41) is 16.8. The van der Waals surface area contributed by atoms with E-state index in [2.05, 4.69) is 26.3 Å². The van der Waals surface area contributed by atoms with Crippen LogP contribution in [0.2, 0.25) is 0 Å². The van der Waals surface area contributed by atoms with Gasteiger partial charge in [-0.25, -0.2) is 19.1 Å². The Balaban J connectivity index is 1.47. The Labute approximate surface area is 207 Å². The fourth-order valence-corrected chi connectivity index (χ4v) is 3.68. The van der Waals surface area contributed by atoms with Crippen molar-refractivity contribution in [2.45, 2.75) is 38.5 Å². The number of fused-ring (bicyclic) bond motifs is 1. The number of ether oxygens (including phenoxy) is 1. The molecule has 1 aliphatic rings. The largest absolute Gasteiger partial charge is 0.443 e. The Morgan fingerprint density at radius 3 is 2.19 bits per heavy atom. The maximum absolute atomic E-state index is 13.3. The zero-order valence-electron chi connectivity index (χ0n) is 20.3. The highest BCUT2D eigenvalue weighted by Gasteiger charge is 2.44. The molecule has 1 aliphatic heterocycles. The van der Waals surface area contributed by atoms with E-state index in [9.17, 15) is 14.4 Å². The molecule has 0 unspecified atom stereocenters. The number of rotatable bonds is 5. The van der Waals surface area contributed by atoms with Gasteiger partial charge in [0, 0.05) is 18.3 Å². The SMILES string of the molecule is CN(C(=O)Nc1ccc(C(=O)CC2(c3nonc3N)Nc3ccccc3N2)cc1)C(=O)OC(C)(C)C. The van der Waals surface area contributed by atoms with E-state index in [0.717, 1.165) is 16.3 Å². The topological polar surface area (TPSA) is 165 Å². The van der Waals surface area contributed by atoms with Crippen LogP contribution in [0, 0.1) is 0 Å². The standard InChI is InChI=1S/C24H27N7O5/c1-23(2,3)35-22(34)31(4)21(33)26-15-11-9-14(10-12-15)18(32)13-24(19-20(25)30-36-29-19)27-16-7-5-6-8-17(16)28-24/h5-12,27-28H,13H2,1-4H3,(H2,25,30)(H,26,33). The lowest BCUT2D eigenvalue weighted by atomic mass is 9.95. The fraction of sp³-hybridized carbons (Fsp3) is 0.292. The van der Waals surface area contributed by atoms with Crippen LogP contribution in [-0.2, 0) is 10.4 Å². The number of hydrogen-bond acceptors (Lipinski definition) is 10. The number of anilines is 4. The number of ketones is 1. The molecular weight excluding hydrogens is 466 g/mol. The number of Topliss-reactive ketones (excluding diaryl/α,β-unsaturated/α-hetero) is 1. The van der Waals surface area contributed by atoms with Crippen molar-refractivity contribution in [3.05, 3.63) is 59.8 Å². The third kappa shape index (κ3) is 5.06. The molecule has 5 N–H and O–H groups in total. The minimum absolute atomic E-state index is 0.0581. The second kappa shape index (κ2) is 9.21. The first-order valence-electron chi connectivity index (χ1n) is 11.1. The minimum atomic E-state index is -1.16. The average Bonchev–Trinajstić information content (AvgIpc) is 3.41. The summed E-state index contributed by atoms with van der Waals surface area (Å²) in [5.74, 6) is -0.170. The number of carbonyl (C=O) groups excluding carboxylic acids is 3. The van der Waals surface area contributed by atoms with E-state index in [4.69, 9.17) is 15.1 Å². The highest BCUT2D eigenvalue weighted by molar-refractivity contribution is 6.01. The van der Waals surface area contributed by atoms with E-state index in [0.29, 0.717) is 11.3 Å². The van der Waals surface area contributed by atoms with E-state index in [1.54, 1.807) is 45.0 Å². The number of para-hydroxylation sites is 2. The summed E-state index contributed by atoms with van der Waals surface area (Å²) >= 11 is 0. The van der Waals surface area contributed by atoms with E-state index in [1.807, 2.05) is 24.3 Å². The van der Waals surface area contributed by atoms with Gasteiger partial charge in [0.15, 0.2) is 23.0 Å². The molecular formula is C24H27N7O5. The Bertz CT molecular complexity index is 1270. The molecule has 36 heavy (non-hydrogen) atoms. The molecule has 12 heteroatoms. The van der Waals surface area contributed by atoms with Gasteiger partial charge in [-0.15, -0.1) is 0 Å². The number of hydrogen-bond donors (Lipinski definition) is 4. The number of benzene rings is 2. The number of nitrogens with two attached hydrogens (primary N) is 1. The van der Waals surface area contributed by atoms with Crippen LogP contribution in [-0.4, -0.2) is 45.8 Å². The molecule has 2 aromatic carbocycles. The lowest BCUT2D eigenvalue weighted by Gasteiger charge is -2.28. The van der Waals surface area contributed by atoms with E-state index >= 15 is 0 Å². The second-order valence-corrected chi connectivity index (χ2v) is 9.35. The van der Waals surface area contributed by atoms with Gasteiger partial charge >= 0.3 is 12.1 Å². The Morgan fingerprint density at radius 2 is 1.67 bits per heavy atom. The van der Waals surface area contributed by atoms with Gasteiger partial charge in [0.25, 0.3) is 0 Å². The summed E-state index contributed by atoms with van der Waals surface area (Å²) in [6.07, 6.45) is -0.844. The van der Waals surface area contributed by atoms with Crippen LogP contribution in [0.4, 0.5) is 32.5 Å². The number of urea groups is 1. The summed E-state index contributed by atoms with van der Waals surface area (Å²) in [7, 11) is 1.31. The molecule has 2 heterocycles. The molecule has 12 nitrogen and oxygen atoms in total. The summed E-state index contributed by atoms with van der Waals surface area (Å²) in [6.45, 7) is 5.12. The van der Waals surface area contributed by atoms with Crippen LogP contribution < -0.4 is 21.7 Å². The molecule has 188 valence electrons. The maximum Gasteiger partial charge on any atom is 0.418 e. The fourth-order valence-electron chi connectivity index (χ4n) is 3.68. The van der Waals surface area contributed by atoms with Gasteiger partial charge in [-0.1, -0.05) is 12.1 Å². The molecule has 0 saturated heterocycles. The van der Waals surface area contributed by atoms with Gasteiger partial charge in [-0.05, 0) is 67.5 Å². The van der Waals surface area contributed by atoms with Crippen molar-refractivity contribution in [3.8, 4) is 0 Å². The summed E-state index contributed by atoms with van der Waals surface area (Å²) in [5.41, 5.74) is 6.68. The number of carbonyl (C=O) groups is 3. The number of nitrogens with zero attached hydrogens (tertiary/aromatic N) is 3. The molecule has 0 saturated carbocycles. The van der Waals surface area contributed by atoms with E-state index in [1.165, 1.54) is 7.05 Å². The van der Waals surface area contributed by atoms with Gasteiger partial charge in [0.2, 0.25) is 0 Å². The van der Waals surface area contributed by atoms with Crippen molar-refractivity contribution in [1.82, 2.24) is 15.2 Å². The molecule has 1 aromatic heterocycles. The van der Waals surface area contributed by atoms with Gasteiger partial charge < -0.3 is 26.4 Å². The molecule has 3 amide bonds. The van der Waals surface area contributed by atoms with Gasteiger partial charge in [-0.2, -0.15) is 0 Å². The Kier molecular flexibility index (Phi) is 6.27. The lowest BCUT2D eigenvalue weighted by molar-refractivity contribution is 0.0369. The normalized spacial score (nSPS) is 13.7. The number of aromatic nitrogens is 2. The molecule has 0 radical (unpaired) electrons. The van der Waals surface area contributed by atoms with Crippen LogP contribution in [0.25, 0.3) is 0 Å². The quantitative estimate of drug-likeness (QED) is 0.382. The van der Waals surface area contributed by atoms with Crippen molar-refractivity contribution in [3.63, 3.8) is 0 Å². The third-order valence-electron chi connectivity index (χ3n) is 5.40. The molecule has 0 aliphatic carbocycles.